The maximum absolute atomic E-state index is 12.1. The zero-order chi connectivity index (χ0) is 20.1. The molecule has 2 aromatic heterocycles. The second-order valence-corrected chi connectivity index (χ2v) is 8.87. The Hall–Kier alpha value is -2.18. The summed E-state index contributed by atoms with van der Waals surface area (Å²) in [6.45, 7) is 0.671. The van der Waals surface area contributed by atoms with Crippen LogP contribution >= 0.6 is 22.9 Å². The van der Waals surface area contributed by atoms with Gasteiger partial charge in [0.05, 0.1) is 16.9 Å². The quantitative estimate of drug-likeness (QED) is 0.511. The lowest BCUT2D eigenvalue weighted by Crippen LogP contribution is -2.25. The highest BCUT2D eigenvalue weighted by atomic mass is 35.5. The number of aromatic nitrogens is 2. The average Bonchev–Trinajstić information content (AvgIpc) is 3.37. The smallest absolute Gasteiger partial charge is 0.220 e. The zero-order valence-corrected chi connectivity index (χ0v) is 17.8. The lowest BCUT2D eigenvalue weighted by molar-refractivity contribution is -0.121. The molecule has 2 heterocycles. The molecule has 3 aromatic rings. The molecule has 0 unspecified atom stereocenters. The van der Waals surface area contributed by atoms with Crippen LogP contribution in [0.4, 0.5) is 0 Å². The van der Waals surface area contributed by atoms with E-state index < -0.39 is 0 Å². The van der Waals surface area contributed by atoms with E-state index in [-0.39, 0.29) is 5.91 Å². The number of fused-ring (bicyclic) bond motifs is 1. The van der Waals surface area contributed by atoms with E-state index in [9.17, 15) is 4.79 Å². The highest BCUT2D eigenvalue weighted by molar-refractivity contribution is 7.11. The summed E-state index contributed by atoms with van der Waals surface area (Å²) in [7, 11) is 0. The number of amides is 1. The Balaban J connectivity index is 1.17. The van der Waals surface area contributed by atoms with Gasteiger partial charge in [0, 0.05) is 41.3 Å². The number of thiazole rings is 1. The van der Waals surface area contributed by atoms with Crippen molar-refractivity contribution >= 4 is 28.8 Å². The molecule has 1 aromatic carbocycles. The van der Waals surface area contributed by atoms with Crippen LogP contribution in [0.2, 0.25) is 5.02 Å². The van der Waals surface area contributed by atoms with Crippen LogP contribution in [0.5, 0.6) is 0 Å². The Morgan fingerprint density at radius 2 is 2.00 bits per heavy atom. The molecule has 0 saturated carbocycles. The molecular weight excluding hydrogens is 406 g/mol. The first kappa shape index (κ1) is 20.1. The predicted octanol–water partition coefficient (Wildman–Crippen LogP) is 5.01. The van der Waals surface area contributed by atoms with Gasteiger partial charge in [-0.15, -0.1) is 11.3 Å². The number of halogens is 1. The van der Waals surface area contributed by atoms with E-state index in [2.05, 4.69) is 10.3 Å². The van der Waals surface area contributed by atoms with E-state index in [4.69, 9.17) is 21.0 Å². The number of hydrogen-bond acceptors (Lipinski definition) is 5. The van der Waals surface area contributed by atoms with Gasteiger partial charge >= 0.3 is 0 Å². The molecule has 29 heavy (non-hydrogen) atoms. The van der Waals surface area contributed by atoms with Crippen molar-refractivity contribution in [2.75, 3.05) is 6.54 Å². The first-order valence-corrected chi connectivity index (χ1v) is 11.3. The molecule has 7 heteroatoms. The minimum Gasteiger partial charge on any atom is -0.441 e. The minimum atomic E-state index is 0.0228. The third-order valence-electron chi connectivity index (χ3n) is 5.03. The molecule has 0 radical (unpaired) electrons. The third-order valence-corrected chi connectivity index (χ3v) is 6.50. The van der Waals surface area contributed by atoms with Gasteiger partial charge in [0.2, 0.25) is 5.91 Å². The third kappa shape index (κ3) is 5.46. The van der Waals surface area contributed by atoms with Crippen molar-refractivity contribution in [3.05, 3.63) is 57.0 Å². The maximum Gasteiger partial charge on any atom is 0.220 e. The van der Waals surface area contributed by atoms with Crippen molar-refractivity contribution < 1.29 is 9.21 Å². The standard InChI is InChI=1S/C22H24ClN3O2S/c23-16-9-7-15(8-10-16)18-14-25-21(28-18)12-11-20(27)24-13-3-6-22-26-17-4-1-2-5-19(17)29-22/h7-10,14H,1-6,11-13H2,(H,24,27). The Labute approximate surface area is 179 Å². The molecule has 1 N–H and O–H groups in total. The van der Waals surface area contributed by atoms with Crippen LogP contribution in [0, 0.1) is 0 Å². The number of aryl methyl sites for hydroxylation is 4. The Bertz CT molecular complexity index is 941. The molecule has 0 aliphatic heterocycles. The molecule has 1 aliphatic carbocycles. The molecule has 0 spiro atoms. The molecule has 4 rings (SSSR count). The van der Waals surface area contributed by atoms with Gasteiger partial charge in [0.1, 0.15) is 0 Å². The molecule has 1 amide bonds. The molecule has 0 bridgehead atoms. The second-order valence-electron chi connectivity index (χ2n) is 7.26. The number of rotatable bonds is 8. The van der Waals surface area contributed by atoms with E-state index in [1.165, 1.54) is 34.8 Å². The van der Waals surface area contributed by atoms with Crippen LogP contribution in [-0.2, 0) is 30.5 Å². The number of benzene rings is 1. The largest absolute Gasteiger partial charge is 0.441 e. The minimum absolute atomic E-state index is 0.0228. The van der Waals surface area contributed by atoms with E-state index >= 15 is 0 Å². The summed E-state index contributed by atoms with van der Waals surface area (Å²) < 4.78 is 5.74. The Morgan fingerprint density at radius 3 is 2.83 bits per heavy atom. The monoisotopic (exact) mass is 429 g/mol. The van der Waals surface area contributed by atoms with E-state index in [0.29, 0.717) is 36.1 Å². The van der Waals surface area contributed by atoms with E-state index in [1.807, 2.05) is 35.6 Å². The first-order chi connectivity index (χ1) is 14.2. The first-order valence-electron chi connectivity index (χ1n) is 10.1. The van der Waals surface area contributed by atoms with Crippen molar-refractivity contribution in [2.45, 2.75) is 51.4 Å². The summed E-state index contributed by atoms with van der Waals surface area (Å²) in [5.41, 5.74) is 2.23. The van der Waals surface area contributed by atoms with Crippen LogP contribution in [0.15, 0.2) is 34.9 Å². The summed E-state index contributed by atoms with van der Waals surface area (Å²) in [4.78, 5) is 22.6. The van der Waals surface area contributed by atoms with E-state index in [0.717, 1.165) is 24.8 Å². The summed E-state index contributed by atoms with van der Waals surface area (Å²) in [6, 6.07) is 7.40. The molecule has 1 aliphatic rings. The molecule has 0 saturated heterocycles. The fourth-order valence-electron chi connectivity index (χ4n) is 3.46. The molecule has 0 fully saturated rings. The molecule has 152 valence electrons. The average molecular weight is 430 g/mol. The van der Waals surface area contributed by atoms with Gasteiger partial charge in [0.15, 0.2) is 11.7 Å². The van der Waals surface area contributed by atoms with Crippen LogP contribution in [0.3, 0.4) is 0 Å². The summed E-state index contributed by atoms with van der Waals surface area (Å²) in [6.07, 6.45) is 9.25. The van der Waals surface area contributed by atoms with Crippen molar-refractivity contribution in [3.63, 3.8) is 0 Å². The lowest BCUT2D eigenvalue weighted by atomic mass is 10.0. The molecule has 5 nitrogen and oxygen atoms in total. The van der Waals surface area contributed by atoms with Gasteiger partial charge < -0.3 is 9.73 Å². The number of hydrogen-bond donors (Lipinski definition) is 1. The Morgan fingerprint density at radius 1 is 1.17 bits per heavy atom. The highest BCUT2D eigenvalue weighted by Crippen LogP contribution is 2.27. The number of carbonyl (C=O) groups is 1. The predicted molar refractivity (Wildman–Crippen MR) is 115 cm³/mol. The fraction of sp³-hybridized carbons (Fsp3) is 0.409. The van der Waals surface area contributed by atoms with Crippen LogP contribution in [0.25, 0.3) is 11.3 Å². The molecular formula is C22H24ClN3O2S. The fourth-order valence-corrected chi connectivity index (χ4v) is 4.79. The van der Waals surface area contributed by atoms with Gasteiger partial charge in [-0.1, -0.05) is 11.6 Å². The lowest BCUT2D eigenvalue weighted by Gasteiger charge is -2.06. The van der Waals surface area contributed by atoms with Gasteiger partial charge in [-0.25, -0.2) is 9.97 Å². The Kier molecular flexibility index (Phi) is 6.62. The van der Waals surface area contributed by atoms with Gasteiger partial charge in [-0.05, 0) is 56.4 Å². The second kappa shape index (κ2) is 9.55. The van der Waals surface area contributed by atoms with Crippen molar-refractivity contribution in [3.8, 4) is 11.3 Å². The number of oxazole rings is 1. The number of nitrogens with zero attached hydrogens (tertiary/aromatic N) is 2. The zero-order valence-electron chi connectivity index (χ0n) is 16.2. The van der Waals surface area contributed by atoms with E-state index in [1.54, 1.807) is 6.20 Å². The topological polar surface area (TPSA) is 68.0 Å². The number of nitrogens with one attached hydrogen (secondary N) is 1. The number of carbonyl (C=O) groups excluding carboxylic acids is 1. The summed E-state index contributed by atoms with van der Waals surface area (Å²) in [5, 5.41) is 4.87. The van der Waals surface area contributed by atoms with Crippen molar-refractivity contribution in [1.29, 1.82) is 0 Å². The summed E-state index contributed by atoms with van der Waals surface area (Å²) in [5.74, 6) is 1.27. The summed E-state index contributed by atoms with van der Waals surface area (Å²) >= 11 is 7.76. The van der Waals surface area contributed by atoms with Crippen LogP contribution in [-0.4, -0.2) is 22.4 Å². The van der Waals surface area contributed by atoms with Crippen LogP contribution < -0.4 is 5.32 Å². The van der Waals surface area contributed by atoms with Gasteiger partial charge in [-0.3, -0.25) is 4.79 Å². The maximum atomic E-state index is 12.1. The molecule has 0 atom stereocenters. The normalized spacial score (nSPS) is 13.3. The van der Waals surface area contributed by atoms with Crippen molar-refractivity contribution in [1.82, 2.24) is 15.3 Å². The van der Waals surface area contributed by atoms with Gasteiger partial charge in [0.25, 0.3) is 0 Å². The SMILES string of the molecule is O=C(CCc1ncc(-c2ccc(Cl)cc2)o1)NCCCc1nc2c(s1)CCCC2. The van der Waals surface area contributed by atoms with Crippen LogP contribution in [0.1, 0.15) is 47.2 Å². The van der Waals surface area contributed by atoms with Crippen molar-refractivity contribution in [2.24, 2.45) is 0 Å². The van der Waals surface area contributed by atoms with Gasteiger partial charge in [-0.2, -0.15) is 0 Å². The highest BCUT2D eigenvalue weighted by Gasteiger charge is 2.15.